The molecule has 0 aliphatic heterocycles. The van der Waals surface area contributed by atoms with Crippen LogP contribution < -0.4 is 10.6 Å². The summed E-state index contributed by atoms with van der Waals surface area (Å²) in [7, 11) is 1.43. The van der Waals surface area contributed by atoms with Gasteiger partial charge in [-0.2, -0.15) is 0 Å². The zero-order valence-electron chi connectivity index (χ0n) is 20.2. The first kappa shape index (κ1) is 26.9. The van der Waals surface area contributed by atoms with Crippen molar-refractivity contribution in [2.45, 2.75) is 58.6 Å². The number of benzene rings is 2. The van der Waals surface area contributed by atoms with Crippen LogP contribution in [0.15, 0.2) is 60.7 Å². The smallest absolute Gasteiger partial charge is 0.408 e. The maximum Gasteiger partial charge on any atom is 0.408 e. The Bertz CT molecular complexity index is 904. The molecule has 2 aromatic carbocycles. The van der Waals surface area contributed by atoms with Gasteiger partial charge in [0.05, 0.1) is 6.10 Å². The fourth-order valence-electron chi connectivity index (χ4n) is 3.20. The topological polar surface area (TPSA) is 103 Å². The van der Waals surface area contributed by atoms with E-state index >= 15 is 0 Å². The van der Waals surface area contributed by atoms with E-state index in [9.17, 15) is 14.4 Å². The van der Waals surface area contributed by atoms with Gasteiger partial charge in [-0.1, -0.05) is 74.5 Å². The summed E-state index contributed by atoms with van der Waals surface area (Å²) in [6.45, 7) is 5.69. The first-order chi connectivity index (χ1) is 16.3. The number of rotatable bonds is 12. The van der Waals surface area contributed by atoms with E-state index in [0.29, 0.717) is 6.42 Å². The lowest BCUT2D eigenvalue weighted by Crippen LogP contribution is -2.56. The number of esters is 1. The van der Waals surface area contributed by atoms with Crippen molar-refractivity contribution in [2.75, 3.05) is 7.11 Å². The lowest BCUT2D eigenvalue weighted by atomic mass is 10.0. The fourth-order valence-corrected chi connectivity index (χ4v) is 3.20. The first-order valence-electron chi connectivity index (χ1n) is 11.3. The third kappa shape index (κ3) is 9.23. The Balaban J connectivity index is 2.00. The number of hydrogen-bond acceptors (Lipinski definition) is 6. The minimum Gasteiger partial charge on any atom is -0.459 e. The van der Waals surface area contributed by atoms with Crippen molar-refractivity contribution in [3.05, 3.63) is 71.8 Å². The van der Waals surface area contributed by atoms with Gasteiger partial charge in [0.1, 0.15) is 25.3 Å². The molecule has 34 heavy (non-hydrogen) atoms. The number of methoxy groups -OCH3 is 1. The molecule has 0 bridgehead atoms. The van der Waals surface area contributed by atoms with Crippen LogP contribution >= 0.6 is 0 Å². The largest absolute Gasteiger partial charge is 0.459 e. The van der Waals surface area contributed by atoms with Crippen LogP contribution in [0.25, 0.3) is 0 Å². The van der Waals surface area contributed by atoms with Gasteiger partial charge in [0, 0.05) is 7.11 Å². The molecule has 3 atom stereocenters. The van der Waals surface area contributed by atoms with E-state index in [4.69, 9.17) is 14.2 Å². The molecule has 0 saturated heterocycles. The second-order valence-corrected chi connectivity index (χ2v) is 8.41. The third-order valence-corrected chi connectivity index (χ3v) is 5.14. The van der Waals surface area contributed by atoms with Crippen molar-refractivity contribution < 1.29 is 28.6 Å². The van der Waals surface area contributed by atoms with E-state index in [1.54, 1.807) is 6.92 Å². The van der Waals surface area contributed by atoms with Crippen LogP contribution in [0.4, 0.5) is 4.79 Å². The lowest BCUT2D eigenvalue weighted by Gasteiger charge is -2.26. The van der Waals surface area contributed by atoms with E-state index in [0.717, 1.165) is 11.1 Å². The molecule has 0 aliphatic carbocycles. The highest BCUT2D eigenvalue weighted by Gasteiger charge is 2.32. The Kier molecular flexibility index (Phi) is 11.1. The zero-order chi connectivity index (χ0) is 24.9. The van der Waals surface area contributed by atoms with Crippen molar-refractivity contribution in [3.8, 4) is 0 Å². The molecule has 0 saturated carbocycles. The van der Waals surface area contributed by atoms with Crippen LogP contribution in [0.1, 0.15) is 38.3 Å². The highest BCUT2D eigenvalue weighted by molar-refractivity contribution is 5.90. The minimum absolute atomic E-state index is 0.0597. The second kappa shape index (κ2) is 14.0. The van der Waals surface area contributed by atoms with E-state index in [1.807, 2.05) is 74.5 Å². The molecule has 3 unspecified atom stereocenters. The van der Waals surface area contributed by atoms with Gasteiger partial charge in [-0.15, -0.1) is 0 Å². The van der Waals surface area contributed by atoms with Crippen molar-refractivity contribution in [2.24, 2.45) is 5.92 Å². The third-order valence-electron chi connectivity index (χ3n) is 5.14. The number of carbonyl (C=O) groups excluding carboxylic acids is 3. The molecule has 2 N–H and O–H groups in total. The minimum atomic E-state index is -1.06. The molecule has 8 nitrogen and oxygen atoms in total. The maximum atomic E-state index is 13.1. The zero-order valence-corrected chi connectivity index (χ0v) is 20.2. The number of amides is 2. The quantitative estimate of drug-likeness (QED) is 0.460. The summed E-state index contributed by atoms with van der Waals surface area (Å²) in [5, 5.41) is 5.26. The Morgan fingerprint density at radius 3 is 1.82 bits per heavy atom. The molecule has 2 rings (SSSR count). The first-order valence-corrected chi connectivity index (χ1v) is 11.3. The van der Waals surface area contributed by atoms with Gasteiger partial charge in [0.15, 0.2) is 0 Å². The summed E-state index contributed by atoms with van der Waals surface area (Å²) in [4.78, 5) is 38.2. The summed E-state index contributed by atoms with van der Waals surface area (Å²) in [6.07, 6.45) is -1.05. The lowest BCUT2D eigenvalue weighted by molar-refractivity contribution is -0.150. The Morgan fingerprint density at radius 2 is 1.32 bits per heavy atom. The van der Waals surface area contributed by atoms with Crippen molar-refractivity contribution in [3.63, 3.8) is 0 Å². The van der Waals surface area contributed by atoms with Gasteiger partial charge in [-0.05, 0) is 30.4 Å². The van der Waals surface area contributed by atoms with Crippen molar-refractivity contribution in [1.82, 2.24) is 10.6 Å². The number of carbonyl (C=O) groups is 3. The van der Waals surface area contributed by atoms with E-state index < -0.39 is 36.2 Å². The SMILES string of the molecule is COC(C)C(NC(=O)OCc1ccccc1)C(=O)NC(CC(C)C)C(=O)OCc1ccccc1. The monoisotopic (exact) mass is 470 g/mol. The standard InChI is InChI=1S/C26H34N2O6/c1-18(2)15-22(25(30)33-16-20-11-7-5-8-12-20)27-24(29)23(19(3)32-4)28-26(31)34-17-21-13-9-6-10-14-21/h5-14,18-19,22-23H,15-17H2,1-4H3,(H,27,29)(H,28,31). The normalized spacial score (nSPS) is 13.4. The molecule has 0 aliphatic rings. The molecule has 2 aromatic rings. The van der Waals surface area contributed by atoms with E-state index in [2.05, 4.69) is 10.6 Å². The fraction of sp³-hybridized carbons (Fsp3) is 0.423. The van der Waals surface area contributed by atoms with Gasteiger partial charge >= 0.3 is 12.1 Å². The molecule has 0 spiro atoms. The van der Waals surface area contributed by atoms with Gasteiger partial charge in [-0.25, -0.2) is 9.59 Å². The number of nitrogens with one attached hydrogen (secondary N) is 2. The van der Waals surface area contributed by atoms with Crippen LogP contribution in [0.3, 0.4) is 0 Å². The molecule has 0 fully saturated rings. The highest BCUT2D eigenvalue weighted by atomic mass is 16.6. The molecular weight excluding hydrogens is 436 g/mol. The Hall–Kier alpha value is -3.39. The second-order valence-electron chi connectivity index (χ2n) is 8.41. The number of alkyl carbamates (subject to hydrolysis) is 1. The number of hydrogen-bond donors (Lipinski definition) is 2. The summed E-state index contributed by atoms with van der Waals surface area (Å²) in [6, 6.07) is 16.6. The summed E-state index contributed by atoms with van der Waals surface area (Å²) < 4.78 is 15.9. The van der Waals surface area contributed by atoms with E-state index in [-0.39, 0.29) is 19.1 Å². The average Bonchev–Trinajstić information content (AvgIpc) is 2.84. The van der Waals surface area contributed by atoms with Crippen LogP contribution in [0.5, 0.6) is 0 Å². The summed E-state index contributed by atoms with van der Waals surface area (Å²) in [5.41, 5.74) is 1.66. The van der Waals surface area contributed by atoms with Crippen molar-refractivity contribution in [1.29, 1.82) is 0 Å². The van der Waals surface area contributed by atoms with Gasteiger partial charge in [0.25, 0.3) is 0 Å². The molecule has 2 amide bonds. The Morgan fingerprint density at radius 1 is 0.794 bits per heavy atom. The maximum absolute atomic E-state index is 13.1. The van der Waals surface area contributed by atoms with E-state index in [1.165, 1.54) is 7.11 Å². The predicted octanol–water partition coefficient (Wildman–Crippen LogP) is 3.59. The molecule has 184 valence electrons. The van der Waals surface area contributed by atoms with Crippen molar-refractivity contribution >= 4 is 18.0 Å². The van der Waals surface area contributed by atoms with Gasteiger partial charge in [0.2, 0.25) is 5.91 Å². The van der Waals surface area contributed by atoms with Gasteiger partial charge in [-0.3, -0.25) is 4.79 Å². The molecule has 0 aromatic heterocycles. The molecule has 0 heterocycles. The molecule has 0 radical (unpaired) electrons. The van der Waals surface area contributed by atoms with Crippen LogP contribution in [-0.4, -0.2) is 43.3 Å². The van der Waals surface area contributed by atoms with Crippen LogP contribution in [0.2, 0.25) is 0 Å². The van der Waals surface area contributed by atoms with Gasteiger partial charge < -0.3 is 24.8 Å². The summed E-state index contributed by atoms with van der Waals surface area (Å²) in [5.74, 6) is -0.980. The number of ether oxygens (including phenoxy) is 3. The van der Waals surface area contributed by atoms with Crippen LogP contribution in [0, 0.1) is 5.92 Å². The average molecular weight is 471 g/mol. The van der Waals surface area contributed by atoms with Crippen LogP contribution in [-0.2, 0) is 37.0 Å². The predicted molar refractivity (Wildman–Crippen MR) is 128 cm³/mol. The molecule has 8 heteroatoms. The Labute approximate surface area is 201 Å². The summed E-state index contributed by atoms with van der Waals surface area (Å²) >= 11 is 0. The molecular formula is C26H34N2O6. The highest BCUT2D eigenvalue weighted by Crippen LogP contribution is 2.10.